The fraction of sp³-hybridized carbons (Fsp3) is 0.393. The molecule has 5 aliphatic rings. The van der Waals surface area contributed by atoms with Crippen molar-refractivity contribution in [3.63, 3.8) is 0 Å². The molecule has 212 valence electrons. The van der Waals surface area contributed by atoms with Crippen molar-refractivity contribution < 1.29 is 19.5 Å². The molecule has 0 radical (unpaired) electrons. The van der Waals surface area contributed by atoms with Gasteiger partial charge in [0.05, 0.1) is 18.6 Å². The van der Waals surface area contributed by atoms with E-state index in [2.05, 4.69) is 20.6 Å². The van der Waals surface area contributed by atoms with Crippen LogP contribution in [0.5, 0.6) is 0 Å². The van der Waals surface area contributed by atoms with Gasteiger partial charge in [-0.2, -0.15) is 0 Å². The van der Waals surface area contributed by atoms with Crippen molar-refractivity contribution in [1.82, 2.24) is 20.4 Å². The van der Waals surface area contributed by atoms with E-state index in [-0.39, 0.29) is 43.4 Å². The van der Waals surface area contributed by atoms with Crippen molar-refractivity contribution >= 4 is 35.5 Å². The lowest BCUT2D eigenvalue weighted by Gasteiger charge is -2.46. The van der Waals surface area contributed by atoms with E-state index < -0.39 is 35.9 Å². The fourth-order valence-electron chi connectivity index (χ4n) is 6.98. The first-order valence-corrected chi connectivity index (χ1v) is 13.8. The molecule has 41 heavy (non-hydrogen) atoms. The van der Waals surface area contributed by atoms with Crippen molar-refractivity contribution in [1.29, 1.82) is 0 Å². The highest BCUT2D eigenvalue weighted by molar-refractivity contribution is 6.12. The van der Waals surface area contributed by atoms with Crippen LogP contribution in [0.1, 0.15) is 27.9 Å². The van der Waals surface area contributed by atoms with Crippen molar-refractivity contribution in [3.8, 4) is 0 Å². The maximum Gasteiger partial charge on any atom is 0.331 e. The number of aliphatic hydroxyl groups is 1. The van der Waals surface area contributed by atoms with Gasteiger partial charge < -0.3 is 32.1 Å². The van der Waals surface area contributed by atoms with Crippen LogP contribution in [-0.2, 0) is 17.6 Å². The molecule has 2 fully saturated rings. The number of hydrogen-bond acceptors (Lipinski definition) is 10. The highest BCUT2D eigenvalue weighted by Gasteiger charge is 2.66. The smallest absolute Gasteiger partial charge is 0.331 e. The molecule has 4 heterocycles. The summed E-state index contributed by atoms with van der Waals surface area (Å²) < 4.78 is 0. The Labute approximate surface area is 235 Å². The Morgan fingerprint density at radius 2 is 1.90 bits per heavy atom. The number of hydrogen-bond donors (Lipinski definition) is 5. The van der Waals surface area contributed by atoms with Gasteiger partial charge in [-0.15, -0.1) is 0 Å². The Morgan fingerprint density at radius 1 is 1.10 bits per heavy atom. The number of aliphatic hydroxyl groups excluding tert-OH is 1. The molecule has 1 aliphatic carbocycles. The van der Waals surface area contributed by atoms with E-state index in [0.29, 0.717) is 11.3 Å². The molecule has 2 aromatic rings. The summed E-state index contributed by atoms with van der Waals surface area (Å²) in [7, 11) is 0. The number of para-hydroxylation sites is 1. The number of carbonyl (C=O) groups excluding carboxylic acids is 3. The molecule has 4 unspecified atom stereocenters. The highest BCUT2D eigenvalue weighted by atomic mass is 16.3. The first-order chi connectivity index (χ1) is 19.8. The molecule has 0 saturated carbocycles. The van der Waals surface area contributed by atoms with Gasteiger partial charge in [-0.05, 0) is 48.6 Å². The maximum absolute atomic E-state index is 13.4. The van der Waals surface area contributed by atoms with Crippen LogP contribution < -0.4 is 27.0 Å². The van der Waals surface area contributed by atoms with Crippen LogP contribution in [0.2, 0.25) is 0 Å². The number of anilines is 1. The molecule has 4 amide bonds. The number of rotatable bonds is 5. The highest BCUT2D eigenvalue weighted by Crippen LogP contribution is 2.40. The first-order valence-electron chi connectivity index (χ1n) is 13.8. The van der Waals surface area contributed by atoms with Crippen LogP contribution in [0, 0.1) is 0 Å². The minimum absolute atomic E-state index is 0.0757. The van der Waals surface area contributed by atoms with Crippen LogP contribution in [0.3, 0.4) is 0 Å². The minimum Gasteiger partial charge on any atom is -0.386 e. The summed E-state index contributed by atoms with van der Waals surface area (Å²) in [5.41, 5.74) is 14.7. The number of aliphatic imine (C=N–C) groups is 2. The number of urea groups is 1. The van der Waals surface area contributed by atoms with Gasteiger partial charge >= 0.3 is 6.03 Å². The lowest BCUT2D eigenvalue weighted by Crippen LogP contribution is -2.73. The van der Waals surface area contributed by atoms with Gasteiger partial charge in [-0.1, -0.05) is 30.3 Å². The molecule has 5 atom stereocenters. The summed E-state index contributed by atoms with van der Waals surface area (Å²) in [4.78, 5) is 53.0. The number of fused-ring (bicyclic) bond motifs is 1. The fourth-order valence-corrected chi connectivity index (χ4v) is 6.98. The monoisotopic (exact) mass is 557 g/mol. The van der Waals surface area contributed by atoms with Gasteiger partial charge in [-0.25, -0.2) is 14.8 Å². The number of imide groups is 1. The van der Waals surface area contributed by atoms with E-state index in [1.54, 1.807) is 35.2 Å². The van der Waals surface area contributed by atoms with Crippen LogP contribution in [0.4, 0.5) is 10.5 Å². The van der Waals surface area contributed by atoms with E-state index in [1.807, 2.05) is 18.2 Å². The maximum atomic E-state index is 13.4. The molecule has 0 bridgehead atoms. The largest absolute Gasteiger partial charge is 0.386 e. The average molecular weight is 558 g/mol. The number of amides is 4. The molecule has 0 aromatic heterocycles. The number of benzene rings is 2. The summed E-state index contributed by atoms with van der Waals surface area (Å²) >= 11 is 0. The molecule has 4 aliphatic heterocycles. The molecular formula is C28H31N9O4. The predicted octanol–water partition coefficient (Wildman–Crippen LogP) is -0.901. The SMILES string of the molecule is NC1=NC2[C@H](CN3C(=O)CN(c4ccccc4)C3=O)N=C(N)N3CC(NC(=O)c4cccc5c4CCC5)C(O)C23N1. The number of carbonyl (C=O) groups is 3. The third kappa shape index (κ3) is 3.75. The summed E-state index contributed by atoms with van der Waals surface area (Å²) in [6.45, 7) is -0.0275. The number of guanidine groups is 2. The van der Waals surface area contributed by atoms with Crippen molar-refractivity contribution in [2.45, 2.75) is 49.2 Å². The van der Waals surface area contributed by atoms with E-state index in [9.17, 15) is 19.5 Å². The zero-order chi connectivity index (χ0) is 28.5. The van der Waals surface area contributed by atoms with Crippen LogP contribution in [-0.4, -0.2) is 94.2 Å². The second-order valence-electron chi connectivity index (χ2n) is 11.1. The minimum atomic E-state index is -1.30. The van der Waals surface area contributed by atoms with Gasteiger partial charge in [0.15, 0.2) is 17.6 Å². The second kappa shape index (κ2) is 9.20. The number of nitrogens with zero attached hydrogens (tertiary/aromatic N) is 5. The molecular weight excluding hydrogens is 526 g/mol. The average Bonchev–Trinajstić information content (AvgIpc) is 3.71. The topological polar surface area (TPSA) is 182 Å². The molecule has 1 spiro atoms. The summed E-state index contributed by atoms with van der Waals surface area (Å²) in [6.07, 6.45) is 1.61. The lowest BCUT2D eigenvalue weighted by molar-refractivity contribution is -0.125. The van der Waals surface area contributed by atoms with Crippen molar-refractivity contribution in [2.75, 3.05) is 24.5 Å². The van der Waals surface area contributed by atoms with E-state index in [0.717, 1.165) is 29.7 Å². The van der Waals surface area contributed by atoms with Gasteiger partial charge in [0.2, 0.25) is 0 Å². The Kier molecular flexibility index (Phi) is 5.68. The Balaban J connectivity index is 1.14. The van der Waals surface area contributed by atoms with Crippen LogP contribution in [0.25, 0.3) is 0 Å². The molecule has 13 heteroatoms. The Bertz CT molecular complexity index is 1510. The summed E-state index contributed by atoms with van der Waals surface area (Å²) in [5, 5.41) is 17.8. The molecule has 13 nitrogen and oxygen atoms in total. The van der Waals surface area contributed by atoms with Crippen molar-refractivity contribution in [3.05, 3.63) is 65.2 Å². The first kappa shape index (κ1) is 25.3. The number of nitrogens with one attached hydrogen (secondary N) is 2. The standard InChI is InChI=1S/C28H31N9O4/c29-25-33-22-19(12-36-21(38)14-35(27(36)41)16-8-2-1-3-9-16)32-26(30)37-13-20(23(39)28(22,37)34-25)31-24(40)18-11-5-7-15-6-4-10-17(15)18/h1-3,5,7-9,11,19-20,22-23,39H,4,6,10,12-14H2,(H2,30,32)(H,31,40)(H3,29,33,34)/t19-,20?,22?,23?,28?/m0/s1. The van der Waals surface area contributed by atoms with E-state index in [4.69, 9.17) is 11.5 Å². The van der Waals surface area contributed by atoms with Gasteiger partial charge in [0, 0.05) is 17.8 Å². The zero-order valence-corrected chi connectivity index (χ0v) is 22.2. The van der Waals surface area contributed by atoms with E-state index in [1.165, 1.54) is 10.5 Å². The molecule has 2 saturated heterocycles. The van der Waals surface area contributed by atoms with Gasteiger partial charge in [0.25, 0.3) is 11.8 Å². The predicted molar refractivity (Wildman–Crippen MR) is 150 cm³/mol. The van der Waals surface area contributed by atoms with Crippen LogP contribution in [0.15, 0.2) is 58.5 Å². The van der Waals surface area contributed by atoms with Crippen molar-refractivity contribution in [2.24, 2.45) is 21.5 Å². The number of aryl methyl sites for hydroxylation is 1. The summed E-state index contributed by atoms with van der Waals surface area (Å²) in [5.74, 6) is -0.473. The summed E-state index contributed by atoms with van der Waals surface area (Å²) in [6, 6.07) is 11.9. The molecule has 2 aromatic carbocycles. The van der Waals surface area contributed by atoms with Gasteiger partial charge in [-0.3, -0.25) is 19.4 Å². The van der Waals surface area contributed by atoms with Gasteiger partial charge in [0.1, 0.15) is 18.7 Å². The normalized spacial score (nSPS) is 30.0. The second-order valence-corrected chi connectivity index (χ2v) is 11.1. The Hall–Kier alpha value is -4.65. The molecule has 7 N–H and O–H groups in total. The number of nitrogens with two attached hydrogens (primary N) is 2. The zero-order valence-electron chi connectivity index (χ0n) is 22.2. The van der Waals surface area contributed by atoms with E-state index >= 15 is 0 Å². The lowest BCUT2D eigenvalue weighted by atomic mass is 9.87. The third-order valence-corrected chi connectivity index (χ3v) is 8.86. The Morgan fingerprint density at radius 3 is 2.71 bits per heavy atom. The van der Waals surface area contributed by atoms with Crippen LogP contribution >= 0.6 is 0 Å². The molecule has 7 rings (SSSR count). The third-order valence-electron chi connectivity index (χ3n) is 8.86. The quantitative estimate of drug-likeness (QED) is 0.293.